The van der Waals surface area contributed by atoms with Gasteiger partial charge in [-0.1, -0.05) is 0 Å². The number of amides is 1. The highest BCUT2D eigenvalue weighted by molar-refractivity contribution is 5.91. The zero-order valence-corrected chi connectivity index (χ0v) is 9.53. The molecule has 17 heavy (non-hydrogen) atoms. The van der Waals surface area contributed by atoms with Crippen LogP contribution in [0.4, 0.5) is 0 Å². The van der Waals surface area contributed by atoms with Crippen molar-refractivity contribution in [1.29, 1.82) is 0 Å². The Balaban J connectivity index is 1.76. The molecule has 0 spiro atoms. The molecule has 1 aliphatic heterocycles. The summed E-state index contributed by atoms with van der Waals surface area (Å²) in [5, 5.41) is 6.14. The van der Waals surface area contributed by atoms with E-state index in [1.165, 1.54) is 19.0 Å². The van der Waals surface area contributed by atoms with Crippen molar-refractivity contribution in [2.75, 3.05) is 13.1 Å². The number of aromatic nitrogens is 2. The van der Waals surface area contributed by atoms with Crippen LogP contribution in [0.3, 0.4) is 0 Å². The van der Waals surface area contributed by atoms with Crippen LogP contribution in [0, 0.1) is 0 Å². The minimum Gasteiger partial charge on any atom is -0.351 e. The quantitative estimate of drug-likeness (QED) is 0.666. The third-order valence-electron chi connectivity index (χ3n) is 2.85. The highest BCUT2D eigenvalue weighted by Crippen LogP contribution is 2.07. The second-order valence-corrected chi connectivity index (χ2v) is 4.13. The molecular weight excluding hydrogens is 220 g/mol. The standard InChI is InChI=1S/C11H16N4O2/c16-10-7-14-9(6-15-10)11(17)13-5-3-8-2-1-4-12-8/h6-8,12H,1-5H2,(H,13,17)(H,15,16)/t8-/m1/s1. The predicted molar refractivity (Wildman–Crippen MR) is 62.8 cm³/mol. The Morgan fingerprint density at radius 3 is 3.12 bits per heavy atom. The Bertz CT molecular complexity index is 417. The first-order chi connectivity index (χ1) is 8.25. The van der Waals surface area contributed by atoms with Crippen molar-refractivity contribution in [2.45, 2.75) is 25.3 Å². The zero-order valence-electron chi connectivity index (χ0n) is 9.53. The maximum absolute atomic E-state index is 11.6. The van der Waals surface area contributed by atoms with Gasteiger partial charge in [-0.15, -0.1) is 0 Å². The molecule has 1 aromatic heterocycles. The number of nitrogens with zero attached hydrogens (tertiary/aromatic N) is 1. The Labute approximate surface area is 98.8 Å². The average Bonchev–Trinajstić information content (AvgIpc) is 2.83. The molecule has 1 amide bonds. The lowest BCUT2D eigenvalue weighted by Crippen LogP contribution is -2.31. The maximum atomic E-state index is 11.6. The molecule has 1 aromatic rings. The van der Waals surface area contributed by atoms with Gasteiger partial charge in [-0.25, -0.2) is 4.98 Å². The van der Waals surface area contributed by atoms with E-state index in [1.54, 1.807) is 0 Å². The fraction of sp³-hybridized carbons (Fsp3) is 0.545. The van der Waals surface area contributed by atoms with Crippen molar-refractivity contribution in [3.8, 4) is 0 Å². The van der Waals surface area contributed by atoms with Gasteiger partial charge in [0.05, 0.1) is 6.20 Å². The minimum atomic E-state index is -0.309. The fourth-order valence-electron chi connectivity index (χ4n) is 1.92. The number of aromatic amines is 1. The first-order valence-electron chi connectivity index (χ1n) is 5.82. The van der Waals surface area contributed by atoms with E-state index in [0.29, 0.717) is 12.6 Å². The first kappa shape index (κ1) is 11.8. The van der Waals surface area contributed by atoms with Gasteiger partial charge in [-0.2, -0.15) is 0 Å². The van der Waals surface area contributed by atoms with Crippen LogP contribution >= 0.6 is 0 Å². The van der Waals surface area contributed by atoms with Crippen molar-refractivity contribution in [3.05, 3.63) is 28.4 Å². The molecule has 0 aromatic carbocycles. The SMILES string of the molecule is O=C(NCC[C@H]1CCCN1)c1c[nH]c(=O)cn1. The van der Waals surface area contributed by atoms with Gasteiger partial charge in [0.2, 0.25) is 0 Å². The summed E-state index contributed by atoms with van der Waals surface area (Å²) in [6.45, 7) is 1.69. The summed E-state index contributed by atoms with van der Waals surface area (Å²) in [4.78, 5) is 28.6. The van der Waals surface area contributed by atoms with Crippen molar-refractivity contribution < 1.29 is 4.79 Å². The van der Waals surface area contributed by atoms with Crippen molar-refractivity contribution in [2.24, 2.45) is 0 Å². The van der Waals surface area contributed by atoms with Crippen LogP contribution in [0.15, 0.2) is 17.2 Å². The van der Waals surface area contributed by atoms with Gasteiger partial charge in [0, 0.05) is 18.8 Å². The summed E-state index contributed by atoms with van der Waals surface area (Å²) in [5.74, 6) is -0.251. The molecule has 3 N–H and O–H groups in total. The van der Waals surface area contributed by atoms with Crippen molar-refractivity contribution in [1.82, 2.24) is 20.6 Å². The van der Waals surface area contributed by atoms with Gasteiger partial charge < -0.3 is 15.6 Å². The predicted octanol–water partition coefficient (Wildman–Crippen LogP) is -0.358. The van der Waals surface area contributed by atoms with Crippen LogP contribution in [-0.4, -0.2) is 35.0 Å². The molecule has 6 heteroatoms. The molecule has 1 atom stereocenters. The fourth-order valence-corrected chi connectivity index (χ4v) is 1.92. The third-order valence-corrected chi connectivity index (χ3v) is 2.85. The summed E-state index contributed by atoms with van der Waals surface area (Å²) >= 11 is 0. The van der Waals surface area contributed by atoms with E-state index in [0.717, 1.165) is 19.2 Å². The second kappa shape index (κ2) is 5.58. The lowest BCUT2D eigenvalue weighted by atomic mass is 10.1. The van der Waals surface area contributed by atoms with Gasteiger partial charge >= 0.3 is 0 Å². The van der Waals surface area contributed by atoms with Gasteiger partial charge in [0.15, 0.2) is 0 Å². The van der Waals surface area contributed by atoms with Gasteiger partial charge in [0.1, 0.15) is 5.69 Å². The molecule has 92 valence electrons. The van der Waals surface area contributed by atoms with Gasteiger partial charge in [-0.05, 0) is 25.8 Å². The van der Waals surface area contributed by atoms with E-state index in [4.69, 9.17) is 0 Å². The summed E-state index contributed by atoms with van der Waals surface area (Å²) in [6, 6.07) is 0.513. The van der Waals surface area contributed by atoms with Crippen LogP contribution in [0.25, 0.3) is 0 Å². The molecule has 1 fully saturated rings. The summed E-state index contributed by atoms with van der Waals surface area (Å²) in [7, 11) is 0. The Morgan fingerprint density at radius 2 is 2.47 bits per heavy atom. The summed E-state index contributed by atoms with van der Waals surface area (Å²) < 4.78 is 0. The molecule has 0 radical (unpaired) electrons. The second-order valence-electron chi connectivity index (χ2n) is 4.13. The molecule has 0 bridgehead atoms. The highest BCUT2D eigenvalue weighted by Gasteiger charge is 2.14. The van der Waals surface area contributed by atoms with E-state index in [2.05, 4.69) is 20.6 Å². The van der Waals surface area contributed by atoms with E-state index < -0.39 is 0 Å². The van der Waals surface area contributed by atoms with E-state index in [1.807, 2.05) is 0 Å². The molecule has 0 aliphatic carbocycles. The number of nitrogens with one attached hydrogen (secondary N) is 3. The Hall–Kier alpha value is -1.69. The Kier molecular flexibility index (Phi) is 3.87. The molecule has 1 saturated heterocycles. The number of carbonyl (C=O) groups is 1. The monoisotopic (exact) mass is 236 g/mol. The third kappa shape index (κ3) is 3.39. The number of carbonyl (C=O) groups excluding carboxylic acids is 1. The van der Waals surface area contributed by atoms with Crippen LogP contribution in [0.2, 0.25) is 0 Å². The first-order valence-corrected chi connectivity index (χ1v) is 5.82. The van der Waals surface area contributed by atoms with E-state index >= 15 is 0 Å². The topological polar surface area (TPSA) is 86.9 Å². The van der Waals surface area contributed by atoms with Crippen LogP contribution in [0.1, 0.15) is 29.8 Å². The normalized spacial score (nSPS) is 19.2. The lowest BCUT2D eigenvalue weighted by molar-refractivity contribution is 0.0947. The van der Waals surface area contributed by atoms with Crippen molar-refractivity contribution >= 4 is 5.91 Å². The van der Waals surface area contributed by atoms with E-state index in [9.17, 15) is 9.59 Å². The number of H-pyrrole nitrogens is 1. The molecule has 1 aliphatic rings. The van der Waals surface area contributed by atoms with Crippen LogP contribution < -0.4 is 16.2 Å². The Morgan fingerprint density at radius 1 is 1.59 bits per heavy atom. The van der Waals surface area contributed by atoms with Gasteiger partial charge in [-0.3, -0.25) is 9.59 Å². The maximum Gasteiger partial charge on any atom is 0.271 e. The molecule has 0 unspecified atom stereocenters. The molecule has 2 rings (SSSR count). The van der Waals surface area contributed by atoms with Crippen LogP contribution in [-0.2, 0) is 0 Å². The van der Waals surface area contributed by atoms with E-state index in [-0.39, 0.29) is 17.2 Å². The van der Waals surface area contributed by atoms with Crippen molar-refractivity contribution in [3.63, 3.8) is 0 Å². The molecular formula is C11H16N4O2. The van der Waals surface area contributed by atoms with Crippen LogP contribution in [0.5, 0.6) is 0 Å². The number of hydrogen-bond acceptors (Lipinski definition) is 4. The summed E-state index contributed by atoms with van der Waals surface area (Å²) in [5.41, 5.74) is -0.0688. The minimum absolute atomic E-state index is 0.240. The number of rotatable bonds is 4. The largest absolute Gasteiger partial charge is 0.351 e. The number of hydrogen-bond donors (Lipinski definition) is 3. The lowest BCUT2D eigenvalue weighted by Gasteiger charge is -2.10. The molecule has 6 nitrogen and oxygen atoms in total. The molecule has 0 saturated carbocycles. The summed E-state index contributed by atoms with van der Waals surface area (Å²) in [6.07, 6.45) is 5.74. The highest BCUT2D eigenvalue weighted by atomic mass is 16.2. The molecule has 2 heterocycles. The zero-order chi connectivity index (χ0) is 12.1. The smallest absolute Gasteiger partial charge is 0.271 e. The van der Waals surface area contributed by atoms with Gasteiger partial charge in [0.25, 0.3) is 11.5 Å². The average molecular weight is 236 g/mol.